The Kier molecular flexibility index (Phi) is 5.44. The highest BCUT2D eigenvalue weighted by Crippen LogP contribution is 2.17. The predicted molar refractivity (Wildman–Crippen MR) is 70.7 cm³/mol. The first-order chi connectivity index (χ1) is 7.04. The second-order valence-corrected chi connectivity index (χ2v) is 5.66. The molecule has 1 heterocycles. The average molecular weight is 230 g/mol. The fourth-order valence-corrected chi connectivity index (χ4v) is 2.77. The Morgan fingerprint density at radius 3 is 2.47 bits per heavy atom. The van der Waals surface area contributed by atoms with Crippen molar-refractivity contribution in [2.75, 3.05) is 39.0 Å². The lowest BCUT2D eigenvalue weighted by molar-refractivity contribution is 0.0811. The molecule has 90 valence electrons. The molecule has 0 N–H and O–H groups in total. The van der Waals surface area contributed by atoms with E-state index in [1.165, 1.54) is 26.2 Å². The highest BCUT2D eigenvalue weighted by atomic mass is 32.1. The molecule has 0 aromatic carbocycles. The third-order valence-corrected chi connectivity index (χ3v) is 4.08. The first-order valence-corrected chi connectivity index (χ1v) is 6.71. The van der Waals surface area contributed by atoms with Crippen molar-refractivity contribution in [3.63, 3.8) is 0 Å². The van der Waals surface area contributed by atoms with Crippen LogP contribution in [0.15, 0.2) is 0 Å². The zero-order valence-electron chi connectivity index (χ0n) is 10.6. The maximum absolute atomic E-state index is 4.46. The summed E-state index contributed by atoms with van der Waals surface area (Å²) in [7, 11) is 2.21. The van der Waals surface area contributed by atoms with Crippen molar-refractivity contribution in [3.8, 4) is 0 Å². The zero-order chi connectivity index (χ0) is 11.4. The molecule has 0 aliphatic carbocycles. The number of hydrogen-bond donors (Lipinski definition) is 1. The van der Waals surface area contributed by atoms with E-state index in [1.807, 2.05) is 0 Å². The summed E-state index contributed by atoms with van der Waals surface area (Å²) >= 11 is 4.46. The molecule has 0 aromatic rings. The van der Waals surface area contributed by atoms with E-state index in [0.717, 1.165) is 17.6 Å². The molecule has 2 atom stereocenters. The molecule has 0 spiro atoms. The highest BCUT2D eigenvalue weighted by Gasteiger charge is 2.24. The van der Waals surface area contributed by atoms with Gasteiger partial charge in [-0.05, 0) is 31.6 Å². The molecule has 1 fully saturated rings. The van der Waals surface area contributed by atoms with Gasteiger partial charge in [-0.2, -0.15) is 12.6 Å². The van der Waals surface area contributed by atoms with E-state index >= 15 is 0 Å². The Morgan fingerprint density at radius 1 is 1.33 bits per heavy atom. The van der Waals surface area contributed by atoms with Crippen LogP contribution in [-0.4, -0.2) is 54.8 Å². The minimum absolute atomic E-state index is 0.699. The summed E-state index contributed by atoms with van der Waals surface area (Å²) in [4.78, 5) is 5.05. The van der Waals surface area contributed by atoms with E-state index in [0.29, 0.717) is 6.04 Å². The van der Waals surface area contributed by atoms with Crippen LogP contribution in [0, 0.1) is 11.8 Å². The second kappa shape index (κ2) is 6.12. The lowest BCUT2D eigenvalue weighted by atomic mass is 9.96. The van der Waals surface area contributed by atoms with Crippen molar-refractivity contribution >= 4 is 12.6 Å². The van der Waals surface area contributed by atoms with Gasteiger partial charge >= 0.3 is 0 Å². The van der Waals surface area contributed by atoms with E-state index in [9.17, 15) is 0 Å². The number of likely N-dealkylation sites (N-methyl/N-ethyl adjacent to an activating group) is 1. The zero-order valence-corrected chi connectivity index (χ0v) is 11.5. The minimum Gasteiger partial charge on any atom is -0.304 e. The van der Waals surface area contributed by atoms with Gasteiger partial charge in [-0.15, -0.1) is 0 Å². The average Bonchev–Trinajstić information content (AvgIpc) is 2.16. The van der Waals surface area contributed by atoms with E-state index in [2.05, 4.69) is 50.2 Å². The monoisotopic (exact) mass is 230 g/mol. The van der Waals surface area contributed by atoms with Crippen molar-refractivity contribution in [2.45, 2.75) is 26.8 Å². The molecule has 0 radical (unpaired) electrons. The van der Waals surface area contributed by atoms with Crippen LogP contribution in [0.1, 0.15) is 20.8 Å². The standard InChI is InChI=1S/C12H26N2S/c1-10(2)12(9-15)8-14-6-5-13(4)7-11(14)3/h10-12,15H,5-9H2,1-4H3. The van der Waals surface area contributed by atoms with Crippen LogP contribution in [0.25, 0.3) is 0 Å². The molecule has 0 bridgehead atoms. The van der Waals surface area contributed by atoms with Gasteiger partial charge in [-0.25, -0.2) is 0 Å². The van der Waals surface area contributed by atoms with Gasteiger partial charge in [0, 0.05) is 32.2 Å². The SMILES string of the molecule is CC(C)C(CS)CN1CCN(C)CC1C. The Labute approximate surface area is 100 Å². The van der Waals surface area contributed by atoms with Gasteiger partial charge in [0.15, 0.2) is 0 Å². The van der Waals surface area contributed by atoms with E-state index < -0.39 is 0 Å². The van der Waals surface area contributed by atoms with Crippen LogP contribution >= 0.6 is 12.6 Å². The number of thiol groups is 1. The Hall–Kier alpha value is 0.270. The Bertz CT molecular complexity index is 184. The maximum atomic E-state index is 4.46. The van der Waals surface area contributed by atoms with Crippen molar-refractivity contribution < 1.29 is 0 Å². The lowest BCUT2D eigenvalue weighted by Gasteiger charge is -2.40. The molecule has 1 rings (SSSR count). The van der Waals surface area contributed by atoms with Gasteiger partial charge in [0.2, 0.25) is 0 Å². The van der Waals surface area contributed by atoms with Gasteiger partial charge in [0.25, 0.3) is 0 Å². The van der Waals surface area contributed by atoms with Crippen LogP contribution in [0.4, 0.5) is 0 Å². The van der Waals surface area contributed by atoms with Crippen LogP contribution in [0.3, 0.4) is 0 Å². The summed E-state index contributed by atoms with van der Waals surface area (Å²) in [5, 5.41) is 0. The van der Waals surface area contributed by atoms with Crippen molar-refractivity contribution in [3.05, 3.63) is 0 Å². The fraction of sp³-hybridized carbons (Fsp3) is 1.00. The minimum atomic E-state index is 0.699. The third kappa shape index (κ3) is 3.97. The molecule has 2 unspecified atom stereocenters. The van der Waals surface area contributed by atoms with E-state index in [4.69, 9.17) is 0 Å². The molecule has 1 aliphatic heterocycles. The van der Waals surface area contributed by atoms with Crippen LogP contribution in [0.5, 0.6) is 0 Å². The Balaban J connectivity index is 2.43. The highest BCUT2D eigenvalue weighted by molar-refractivity contribution is 7.80. The molecule has 0 aromatic heterocycles. The molecule has 0 amide bonds. The lowest BCUT2D eigenvalue weighted by Crippen LogP contribution is -2.52. The van der Waals surface area contributed by atoms with E-state index in [-0.39, 0.29) is 0 Å². The first-order valence-electron chi connectivity index (χ1n) is 6.08. The molecule has 15 heavy (non-hydrogen) atoms. The molecular formula is C12H26N2S. The largest absolute Gasteiger partial charge is 0.304 e. The van der Waals surface area contributed by atoms with E-state index in [1.54, 1.807) is 0 Å². The predicted octanol–water partition coefficient (Wildman–Crippen LogP) is 1.82. The third-order valence-electron chi connectivity index (χ3n) is 3.61. The summed E-state index contributed by atoms with van der Waals surface area (Å²) < 4.78 is 0. The fourth-order valence-electron chi connectivity index (χ4n) is 2.23. The first kappa shape index (κ1) is 13.3. The van der Waals surface area contributed by atoms with Gasteiger partial charge in [0.05, 0.1) is 0 Å². The molecule has 2 nitrogen and oxygen atoms in total. The summed E-state index contributed by atoms with van der Waals surface area (Å²) in [6.07, 6.45) is 0. The number of hydrogen-bond acceptors (Lipinski definition) is 3. The van der Waals surface area contributed by atoms with Crippen molar-refractivity contribution in [1.82, 2.24) is 9.80 Å². The van der Waals surface area contributed by atoms with Crippen molar-refractivity contribution in [2.24, 2.45) is 11.8 Å². The molecule has 1 saturated heterocycles. The van der Waals surface area contributed by atoms with Gasteiger partial charge in [0.1, 0.15) is 0 Å². The smallest absolute Gasteiger partial charge is 0.0195 e. The number of rotatable bonds is 4. The summed E-state index contributed by atoms with van der Waals surface area (Å²) in [5.74, 6) is 2.49. The molecular weight excluding hydrogens is 204 g/mol. The summed E-state index contributed by atoms with van der Waals surface area (Å²) in [6.45, 7) is 11.8. The molecule has 1 aliphatic rings. The molecule has 0 saturated carbocycles. The van der Waals surface area contributed by atoms with Crippen LogP contribution < -0.4 is 0 Å². The quantitative estimate of drug-likeness (QED) is 0.736. The van der Waals surface area contributed by atoms with Gasteiger partial charge in [-0.3, -0.25) is 4.90 Å². The number of nitrogens with zero attached hydrogens (tertiary/aromatic N) is 2. The molecule has 3 heteroatoms. The van der Waals surface area contributed by atoms with Crippen LogP contribution in [-0.2, 0) is 0 Å². The topological polar surface area (TPSA) is 6.48 Å². The second-order valence-electron chi connectivity index (χ2n) is 5.29. The Morgan fingerprint density at radius 2 is 2.00 bits per heavy atom. The normalized spacial score (nSPS) is 27.2. The number of piperazine rings is 1. The van der Waals surface area contributed by atoms with Gasteiger partial charge < -0.3 is 4.90 Å². The van der Waals surface area contributed by atoms with Crippen molar-refractivity contribution in [1.29, 1.82) is 0 Å². The van der Waals surface area contributed by atoms with Gasteiger partial charge in [-0.1, -0.05) is 13.8 Å². The summed E-state index contributed by atoms with van der Waals surface area (Å²) in [6, 6.07) is 0.699. The maximum Gasteiger partial charge on any atom is 0.0195 e. The summed E-state index contributed by atoms with van der Waals surface area (Å²) in [5.41, 5.74) is 0. The van der Waals surface area contributed by atoms with Crippen LogP contribution in [0.2, 0.25) is 0 Å².